The molecule has 2 aromatic carbocycles. The van der Waals surface area contributed by atoms with Gasteiger partial charge in [-0.05, 0) is 61.2 Å². The Morgan fingerprint density at radius 1 is 1.20 bits per heavy atom. The van der Waals surface area contributed by atoms with E-state index < -0.39 is 0 Å². The second kappa shape index (κ2) is 6.89. The Morgan fingerprint density at radius 3 is 2.70 bits per heavy atom. The fourth-order valence-corrected chi connectivity index (χ4v) is 2.74. The van der Waals surface area contributed by atoms with Crippen LogP contribution in [-0.2, 0) is 12.8 Å². The van der Waals surface area contributed by atoms with Crippen LogP contribution in [0.25, 0.3) is 0 Å². The maximum Gasteiger partial charge on any atom is 0.123 e. The van der Waals surface area contributed by atoms with E-state index in [-0.39, 0.29) is 11.9 Å². The smallest absolute Gasteiger partial charge is 0.123 e. The molecule has 20 heavy (non-hydrogen) atoms. The molecular weight excluding hydrogens is 317 g/mol. The van der Waals surface area contributed by atoms with Crippen molar-refractivity contribution in [3.8, 4) is 0 Å². The highest BCUT2D eigenvalue weighted by Crippen LogP contribution is 2.22. The Morgan fingerprint density at radius 2 is 2.00 bits per heavy atom. The third-order valence-corrected chi connectivity index (χ3v) is 3.77. The standard InChI is InChI=1S/C17H19BrFN/c1-3-14-11-15(18)7-8-17(14)20-12(2)9-13-5-4-6-16(19)10-13/h4-8,10-12,20H,3,9H2,1-2H3. The number of hydrogen-bond donors (Lipinski definition) is 1. The van der Waals surface area contributed by atoms with E-state index in [9.17, 15) is 4.39 Å². The van der Waals surface area contributed by atoms with Gasteiger partial charge in [0, 0.05) is 16.2 Å². The molecule has 1 unspecified atom stereocenters. The van der Waals surface area contributed by atoms with Crippen molar-refractivity contribution in [2.24, 2.45) is 0 Å². The van der Waals surface area contributed by atoms with E-state index in [2.05, 4.69) is 47.2 Å². The van der Waals surface area contributed by atoms with Crippen LogP contribution in [-0.4, -0.2) is 6.04 Å². The molecule has 0 aliphatic heterocycles. The van der Waals surface area contributed by atoms with Gasteiger partial charge in [-0.25, -0.2) is 4.39 Å². The van der Waals surface area contributed by atoms with Gasteiger partial charge in [-0.2, -0.15) is 0 Å². The Hall–Kier alpha value is -1.35. The lowest BCUT2D eigenvalue weighted by atomic mass is 10.1. The highest BCUT2D eigenvalue weighted by atomic mass is 79.9. The monoisotopic (exact) mass is 335 g/mol. The van der Waals surface area contributed by atoms with Gasteiger partial charge < -0.3 is 5.32 Å². The van der Waals surface area contributed by atoms with Crippen molar-refractivity contribution in [3.63, 3.8) is 0 Å². The van der Waals surface area contributed by atoms with Crippen LogP contribution < -0.4 is 5.32 Å². The Labute approximate surface area is 128 Å². The van der Waals surface area contributed by atoms with Gasteiger partial charge >= 0.3 is 0 Å². The molecule has 2 rings (SSSR count). The second-order valence-corrected chi connectivity index (χ2v) is 5.95. The topological polar surface area (TPSA) is 12.0 Å². The van der Waals surface area contributed by atoms with Gasteiger partial charge in [-0.1, -0.05) is 35.0 Å². The van der Waals surface area contributed by atoms with Crippen LogP contribution in [0.1, 0.15) is 25.0 Å². The van der Waals surface area contributed by atoms with Gasteiger partial charge in [0.15, 0.2) is 0 Å². The van der Waals surface area contributed by atoms with Crippen LogP contribution in [0.2, 0.25) is 0 Å². The first-order valence-corrected chi connectivity index (χ1v) is 7.67. The summed E-state index contributed by atoms with van der Waals surface area (Å²) in [7, 11) is 0. The van der Waals surface area contributed by atoms with Crippen molar-refractivity contribution < 1.29 is 4.39 Å². The predicted molar refractivity (Wildman–Crippen MR) is 86.7 cm³/mol. The molecule has 3 heteroatoms. The fraction of sp³-hybridized carbons (Fsp3) is 0.294. The molecule has 0 saturated carbocycles. The molecule has 0 fully saturated rings. The molecule has 0 spiro atoms. The predicted octanol–water partition coefficient (Wildman–Crippen LogP) is 5.19. The number of benzene rings is 2. The lowest BCUT2D eigenvalue weighted by Crippen LogP contribution is -2.19. The summed E-state index contributed by atoms with van der Waals surface area (Å²) in [4.78, 5) is 0. The summed E-state index contributed by atoms with van der Waals surface area (Å²) in [5.41, 5.74) is 3.45. The van der Waals surface area contributed by atoms with E-state index in [1.807, 2.05) is 12.1 Å². The number of anilines is 1. The highest BCUT2D eigenvalue weighted by molar-refractivity contribution is 9.10. The molecule has 0 heterocycles. The van der Waals surface area contributed by atoms with E-state index in [4.69, 9.17) is 0 Å². The average molecular weight is 336 g/mol. The van der Waals surface area contributed by atoms with E-state index in [1.54, 1.807) is 12.1 Å². The molecular formula is C17H19BrFN. The summed E-state index contributed by atoms with van der Waals surface area (Å²) >= 11 is 3.50. The number of aryl methyl sites for hydroxylation is 1. The SMILES string of the molecule is CCc1cc(Br)ccc1NC(C)Cc1cccc(F)c1. The first-order valence-electron chi connectivity index (χ1n) is 6.88. The molecule has 1 atom stereocenters. The van der Waals surface area contributed by atoms with Crippen LogP contribution in [0.3, 0.4) is 0 Å². The summed E-state index contributed by atoms with van der Waals surface area (Å²) in [6.07, 6.45) is 1.78. The van der Waals surface area contributed by atoms with Crippen molar-refractivity contribution in [2.45, 2.75) is 32.7 Å². The quantitative estimate of drug-likeness (QED) is 0.792. The molecule has 1 N–H and O–H groups in total. The molecule has 0 saturated heterocycles. The number of hydrogen-bond acceptors (Lipinski definition) is 1. The molecule has 1 nitrogen and oxygen atoms in total. The maximum absolute atomic E-state index is 13.2. The van der Waals surface area contributed by atoms with Crippen LogP contribution in [0.15, 0.2) is 46.9 Å². The number of nitrogens with one attached hydrogen (secondary N) is 1. The summed E-state index contributed by atoms with van der Waals surface area (Å²) in [5, 5.41) is 3.51. The van der Waals surface area contributed by atoms with Crippen molar-refractivity contribution >= 4 is 21.6 Å². The third kappa shape index (κ3) is 4.07. The normalized spacial score (nSPS) is 12.2. The highest BCUT2D eigenvalue weighted by Gasteiger charge is 2.07. The maximum atomic E-state index is 13.2. The molecule has 0 radical (unpaired) electrons. The Bertz CT molecular complexity index is 583. The molecule has 0 aliphatic rings. The molecule has 0 aliphatic carbocycles. The minimum absolute atomic E-state index is 0.174. The van der Waals surface area contributed by atoms with Gasteiger partial charge in [-0.3, -0.25) is 0 Å². The zero-order chi connectivity index (χ0) is 14.5. The van der Waals surface area contributed by atoms with Gasteiger partial charge in [0.1, 0.15) is 5.82 Å². The van der Waals surface area contributed by atoms with Crippen molar-refractivity contribution in [1.29, 1.82) is 0 Å². The zero-order valence-corrected chi connectivity index (χ0v) is 13.4. The average Bonchev–Trinajstić information content (AvgIpc) is 2.40. The largest absolute Gasteiger partial charge is 0.382 e. The minimum atomic E-state index is -0.174. The number of rotatable bonds is 5. The molecule has 2 aromatic rings. The summed E-state index contributed by atoms with van der Waals surface area (Å²) in [6.45, 7) is 4.26. The van der Waals surface area contributed by atoms with E-state index >= 15 is 0 Å². The molecule has 106 valence electrons. The van der Waals surface area contributed by atoms with Gasteiger partial charge in [-0.15, -0.1) is 0 Å². The van der Waals surface area contributed by atoms with E-state index in [1.165, 1.54) is 11.6 Å². The fourth-order valence-electron chi connectivity index (χ4n) is 2.33. The van der Waals surface area contributed by atoms with Gasteiger partial charge in [0.2, 0.25) is 0 Å². The van der Waals surface area contributed by atoms with Crippen molar-refractivity contribution in [1.82, 2.24) is 0 Å². The van der Waals surface area contributed by atoms with Crippen LogP contribution in [0, 0.1) is 5.82 Å². The lowest BCUT2D eigenvalue weighted by Gasteiger charge is -2.18. The van der Waals surface area contributed by atoms with Crippen molar-refractivity contribution in [3.05, 3.63) is 63.9 Å². The van der Waals surface area contributed by atoms with Gasteiger partial charge in [0.25, 0.3) is 0 Å². The van der Waals surface area contributed by atoms with Crippen LogP contribution in [0.5, 0.6) is 0 Å². The minimum Gasteiger partial charge on any atom is -0.382 e. The second-order valence-electron chi connectivity index (χ2n) is 5.03. The molecule has 0 bridgehead atoms. The summed E-state index contributed by atoms with van der Waals surface area (Å²) < 4.78 is 14.3. The molecule has 0 amide bonds. The molecule has 0 aromatic heterocycles. The summed E-state index contributed by atoms with van der Waals surface area (Å²) in [5.74, 6) is -0.174. The van der Waals surface area contributed by atoms with E-state index in [0.29, 0.717) is 0 Å². The number of halogens is 2. The van der Waals surface area contributed by atoms with Gasteiger partial charge in [0.05, 0.1) is 0 Å². The third-order valence-electron chi connectivity index (χ3n) is 3.28. The lowest BCUT2D eigenvalue weighted by molar-refractivity contribution is 0.624. The van der Waals surface area contributed by atoms with Crippen LogP contribution in [0.4, 0.5) is 10.1 Å². The van der Waals surface area contributed by atoms with E-state index in [0.717, 1.165) is 28.6 Å². The first kappa shape index (κ1) is 15.0. The first-order chi connectivity index (χ1) is 9.58. The van der Waals surface area contributed by atoms with Crippen molar-refractivity contribution in [2.75, 3.05) is 5.32 Å². The Kier molecular flexibility index (Phi) is 5.18. The summed E-state index contributed by atoms with van der Waals surface area (Å²) in [6, 6.07) is 13.3. The zero-order valence-electron chi connectivity index (χ0n) is 11.8. The Balaban J connectivity index is 2.06. The van der Waals surface area contributed by atoms with Crippen LogP contribution >= 0.6 is 15.9 Å².